The van der Waals surface area contributed by atoms with Crippen molar-refractivity contribution in [1.29, 1.82) is 0 Å². The summed E-state index contributed by atoms with van der Waals surface area (Å²) in [5.41, 5.74) is 6.65. The highest BCUT2D eigenvalue weighted by molar-refractivity contribution is 5.80. The van der Waals surface area contributed by atoms with E-state index in [1.54, 1.807) is 18.0 Å². The number of nitrogens with two attached hydrogens (primary N) is 1. The molecule has 20 heavy (non-hydrogen) atoms. The van der Waals surface area contributed by atoms with Crippen LogP contribution >= 0.6 is 0 Å². The number of halogens is 1. The second kappa shape index (κ2) is 5.92. The van der Waals surface area contributed by atoms with Gasteiger partial charge in [-0.15, -0.1) is 0 Å². The third-order valence-electron chi connectivity index (χ3n) is 4.24. The number of benzene rings is 1. The lowest BCUT2D eigenvalue weighted by Gasteiger charge is -2.39. The van der Waals surface area contributed by atoms with Crippen molar-refractivity contribution in [3.05, 3.63) is 35.6 Å². The quantitative estimate of drug-likeness (QED) is 0.924. The van der Waals surface area contributed by atoms with Gasteiger partial charge in [0.05, 0.1) is 5.92 Å². The summed E-state index contributed by atoms with van der Waals surface area (Å²) in [7, 11) is 1.76. The molecule has 1 aromatic carbocycles. The Morgan fingerprint density at radius 2 is 2.25 bits per heavy atom. The molecule has 0 saturated heterocycles. The van der Waals surface area contributed by atoms with Crippen molar-refractivity contribution in [3.8, 4) is 0 Å². The Bertz CT molecular complexity index is 487. The molecule has 0 bridgehead atoms. The van der Waals surface area contributed by atoms with E-state index in [2.05, 4.69) is 0 Å². The summed E-state index contributed by atoms with van der Waals surface area (Å²) < 4.78 is 13.2. The minimum atomic E-state index is -0.425. The van der Waals surface area contributed by atoms with E-state index in [1.165, 1.54) is 12.1 Å². The molecule has 2 unspecified atom stereocenters. The predicted molar refractivity (Wildman–Crippen MR) is 77.4 cm³/mol. The first-order valence-electron chi connectivity index (χ1n) is 7.18. The van der Waals surface area contributed by atoms with Crippen molar-refractivity contribution in [2.24, 2.45) is 11.7 Å². The molecule has 1 aliphatic carbocycles. The summed E-state index contributed by atoms with van der Waals surface area (Å²) >= 11 is 0. The van der Waals surface area contributed by atoms with Crippen LogP contribution in [0.4, 0.5) is 4.39 Å². The van der Waals surface area contributed by atoms with Gasteiger partial charge < -0.3 is 10.6 Å². The van der Waals surface area contributed by atoms with Crippen LogP contribution in [0.25, 0.3) is 0 Å². The van der Waals surface area contributed by atoms with Crippen molar-refractivity contribution >= 4 is 5.91 Å². The average molecular weight is 278 g/mol. The maximum atomic E-state index is 13.2. The van der Waals surface area contributed by atoms with Crippen LogP contribution in [-0.4, -0.2) is 23.4 Å². The molecular formula is C16H23FN2O. The first-order valence-corrected chi connectivity index (χ1v) is 7.18. The zero-order valence-electron chi connectivity index (χ0n) is 12.2. The van der Waals surface area contributed by atoms with Gasteiger partial charge in [0.25, 0.3) is 0 Å². The number of hydrogen-bond donors (Lipinski definition) is 1. The fourth-order valence-corrected chi connectivity index (χ4v) is 3.02. The van der Waals surface area contributed by atoms with Crippen LogP contribution in [0, 0.1) is 11.7 Å². The van der Waals surface area contributed by atoms with E-state index in [0.717, 1.165) is 31.2 Å². The molecule has 0 heterocycles. The van der Waals surface area contributed by atoms with Gasteiger partial charge in [-0.25, -0.2) is 4.39 Å². The summed E-state index contributed by atoms with van der Waals surface area (Å²) in [5.74, 6) is -0.335. The van der Waals surface area contributed by atoms with Gasteiger partial charge in [-0.1, -0.05) is 25.0 Å². The Hall–Kier alpha value is -1.42. The van der Waals surface area contributed by atoms with E-state index < -0.39 is 5.54 Å². The molecule has 2 N–H and O–H groups in total. The second-order valence-electron chi connectivity index (χ2n) is 6.13. The van der Waals surface area contributed by atoms with Gasteiger partial charge in [-0.3, -0.25) is 4.79 Å². The van der Waals surface area contributed by atoms with Gasteiger partial charge in [0.1, 0.15) is 5.82 Å². The number of rotatable bonds is 3. The normalized spacial score (nSPS) is 26.3. The maximum absolute atomic E-state index is 13.2. The molecule has 0 spiro atoms. The maximum Gasteiger partial charge on any atom is 0.227 e. The molecule has 0 radical (unpaired) electrons. The van der Waals surface area contributed by atoms with Crippen LogP contribution in [0.2, 0.25) is 0 Å². The molecule has 0 aliphatic heterocycles. The number of nitrogens with zero attached hydrogens (tertiary/aromatic N) is 1. The van der Waals surface area contributed by atoms with Gasteiger partial charge in [-0.05, 0) is 37.5 Å². The van der Waals surface area contributed by atoms with Crippen LogP contribution in [-0.2, 0) is 11.3 Å². The summed E-state index contributed by atoms with van der Waals surface area (Å²) in [4.78, 5) is 14.2. The van der Waals surface area contributed by atoms with Crippen molar-refractivity contribution in [2.45, 2.75) is 44.7 Å². The zero-order chi connectivity index (χ0) is 14.8. The van der Waals surface area contributed by atoms with E-state index in [-0.39, 0.29) is 17.6 Å². The molecular weight excluding hydrogens is 255 g/mol. The fraction of sp³-hybridized carbons (Fsp3) is 0.562. The highest BCUT2D eigenvalue weighted by Crippen LogP contribution is 2.32. The molecule has 0 aromatic heterocycles. The Balaban J connectivity index is 2.05. The summed E-state index contributed by atoms with van der Waals surface area (Å²) in [6.07, 6.45) is 3.87. The van der Waals surface area contributed by atoms with Gasteiger partial charge in [0.15, 0.2) is 0 Å². The molecule has 4 heteroatoms. The molecule has 1 saturated carbocycles. The minimum absolute atomic E-state index is 0.0685. The van der Waals surface area contributed by atoms with Gasteiger partial charge in [-0.2, -0.15) is 0 Å². The van der Waals surface area contributed by atoms with Crippen LogP contribution in [0.15, 0.2) is 24.3 Å². The lowest BCUT2D eigenvalue weighted by atomic mass is 9.74. The SMILES string of the molecule is CN(Cc1cccc(F)c1)C(=O)C1CCCCC1(C)N. The Labute approximate surface area is 120 Å². The van der Waals surface area contributed by atoms with E-state index in [9.17, 15) is 9.18 Å². The van der Waals surface area contributed by atoms with E-state index in [0.29, 0.717) is 6.54 Å². The molecule has 3 nitrogen and oxygen atoms in total. The first kappa shape index (κ1) is 15.0. The van der Waals surface area contributed by atoms with Crippen molar-refractivity contribution in [1.82, 2.24) is 4.90 Å². The average Bonchev–Trinajstić information content (AvgIpc) is 2.37. The van der Waals surface area contributed by atoms with Gasteiger partial charge in [0, 0.05) is 19.1 Å². The summed E-state index contributed by atoms with van der Waals surface area (Å²) in [6, 6.07) is 6.36. The van der Waals surface area contributed by atoms with E-state index >= 15 is 0 Å². The van der Waals surface area contributed by atoms with E-state index in [4.69, 9.17) is 5.73 Å². The minimum Gasteiger partial charge on any atom is -0.341 e. The van der Waals surface area contributed by atoms with Crippen LogP contribution in [0.5, 0.6) is 0 Å². The fourth-order valence-electron chi connectivity index (χ4n) is 3.02. The first-order chi connectivity index (χ1) is 9.40. The largest absolute Gasteiger partial charge is 0.341 e. The summed E-state index contributed by atoms with van der Waals surface area (Å²) in [5, 5.41) is 0. The third kappa shape index (κ3) is 3.37. The Kier molecular flexibility index (Phi) is 4.43. The third-order valence-corrected chi connectivity index (χ3v) is 4.24. The van der Waals surface area contributed by atoms with Crippen LogP contribution in [0.3, 0.4) is 0 Å². The molecule has 2 rings (SSSR count). The Morgan fingerprint density at radius 1 is 1.50 bits per heavy atom. The number of carbonyl (C=O) groups is 1. The summed E-state index contributed by atoms with van der Waals surface area (Å²) in [6.45, 7) is 2.38. The molecule has 1 aromatic rings. The Morgan fingerprint density at radius 3 is 2.90 bits per heavy atom. The second-order valence-corrected chi connectivity index (χ2v) is 6.13. The van der Waals surface area contributed by atoms with Crippen molar-refractivity contribution in [3.63, 3.8) is 0 Å². The lowest BCUT2D eigenvalue weighted by molar-refractivity contribution is -0.138. The predicted octanol–water partition coefficient (Wildman–Crippen LogP) is 2.69. The van der Waals surface area contributed by atoms with Crippen molar-refractivity contribution < 1.29 is 9.18 Å². The molecule has 1 aliphatic rings. The highest BCUT2D eigenvalue weighted by atomic mass is 19.1. The molecule has 1 fully saturated rings. The van der Waals surface area contributed by atoms with Crippen LogP contribution in [0.1, 0.15) is 38.2 Å². The van der Waals surface area contributed by atoms with Gasteiger partial charge >= 0.3 is 0 Å². The standard InChI is InChI=1S/C16H23FN2O/c1-16(18)9-4-3-8-14(16)15(20)19(2)11-12-6-5-7-13(17)10-12/h5-7,10,14H,3-4,8-9,11,18H2,1-2H3. The smallest absolute Gasteiger partial charge is 0.227 e. The monoisotopic (exact) mass is 278 g/mol. The topological polar surface area (TPSA) is 46.3 Å². The highest BCUT2D eigenvalue weighted by Gasteiger charge is 2.38. The van der Waals surface area contributed by atoms with Gasteiger partial charge in [0.2, 0.25) is 5.91 Å². The molecule has 1 amide bonds. The van der Waals surface area contributed by atoms with Crippen molar-refractivity contribution in [2.75, 3.05) is 7.05 Å². The number of carbonyl (C=O) groups excluding carboxylic acids is 1. The number of amides is 1. The zero-order valence-corrected chi connectivity index (χ0v) is 12.2. The molecule has 110 valence electrons. The lowest BCUT2D eigenvalue weighted by Crippen LogP contribution is -2.53. The van der Waals surface area contributed by atoms with Crippen LogP contribution < -0.4 is 5.73 Å². The van der Waals surface area contributed by atoms with E-state index in [1.807, 2.05) is 13.0 Å². The molecule has 2 atom stereocenters. The number of hydrogen-bond acceptors (Lipinski definition) is 2.